The van der Waals surface area contributed by atoms with E-state index in [1.807, 2.05) is 6.07 Å². The number of benzene rings is 1. The van der Waals surface area contributed by atoms with Crippen LogP contribution in [0.15, 0.2) is 22.7 Å². The summed E-state index contributed by atoms with van der Waals surface area (Å²) >= 11 is 3.56. The number of rotatable bonds is 8. The minimum atomic E-state index is 0.448. The molecule has 0 aliphatic carbocycles. The average Bonchev–Trinajstić information content (AvgIpc) is 2.38. The highest BCUT2D eigenvalue weighted by Crippen LogP contribution is 2.29. The van der Waals surface area contributed by atoms with Crippen LogP contribution in [0.1, 0.15) is 51.1 Å². The Balaban J connectivity index is 2.74. The van der Waals surface area contributed by atoms with Gasteiger partial charge in [-0.05, 0) is 46.6 Å². The molecule has 18 heavy (non-hydrogen) atoms. The van der Waals surface area contributed by atoms with Gasteiger partial charge in [0, 0.05) is 6.04 Å². The van der Waals surface area contributed by atoms with Crippen LogP contribution in [-0.2, 0) is 0 Å². The van der Waals surface area contributed by atoms with Gasteiger partial charge < -0.3 is 10.1 Å². The first-order valence-electron chi connectivity index (χ1n) is 6.79. The third kappa shape index (κ3) is 4.62. The van der Waals surface area contributed by atoms with Crippen molar-refractivity contribution in [1.29, 1.82) is 0 Å². The van der Waals surface area contributed by atoms with Crippen molar-refractivity contribution in [1.82, 2.24) is 5.32 Å². The van der Waals surface area contributed by atoms with Gasteiger partial charge in [-0.2, -0.15) is 0 Å². The Morgan fingerprint density at radius 2 is 2.06 bits per heavy atom. The molecule has 3 heteroatoms. The predicted molar refractivity (Wildman–Crippen MR) is 81.3 cm³/mol. The molecule has 1 N–H and O–H groups in total. The monoisotopic (exact) mass is 313 g/mol. The zero-order valence-electron chi connectivity index (χ0n) is 11.6. The third-order valence-corrected chi connectivity index (χ3v) is 3.74. The van der Waals surface area contributed by atoms with E-state index in [-0.39, 0.29) is 0 Å². The summed E-state index contributed by atoms with van der Waals surface area (Å²) in [6.07, 6.45) is 5.04. The second kappa shape index (κ2) is 8.54. The highest BCUT2D eigenvalue weighted by molar-refractivity contribution is 9.10. The van der Waals surface area contributed by atoms with Crippen molar-refractivity contribution in [3.05, 3.63) is 28.2 Å². The maximum atomic E-state index is 5.27. The van der Waals surface area contributed by atoms with E-state index in [0.29, 0.717) is 6.04 Å². The number of ether oxygens (including phenoxy) is 1. The van der Waals surface area contributed by atoms with Crippen LogP contribution in [0.5, 0.6) is 5.75 Å². The molecule has 1 aromatic rings. The molecule has 0 aromatic heterocycles. The van der Waals surface area contributed by atoms with Gasteiger partial charge in [-0.1, -0.05) is 39.2 Å². The van der Waals surface area contributed by atoms with Crippen molar-refractivity contribution in [3.63, 3.8) is 0 Å². The lowest BCUT2D eigenvalue weighted by atomic mass is 10.0. The smallest absolute Gasteiger partial charge is 0.133 e. The number of hydrogen-bond donors (Lipinski definition) is 1. The molecule has 1 unspecified atom stereocenters. The quantitative estimate of drug-likeness (QED) is 0.703. The molecule has 0 amide bonds. The zero-order valence-corrected chi connectivity index (χ0v) is 13.2. The molecule has 0 bridgehead atoms. The number of nitrogens with one attached hydrogen (secondary N) is 1. The van der Waals surface area contributed by atoms with Crippen LogP contribution < -0.4 is 10.1 Å². The third-order valence-electron chi connectivity index (χ3n) is 3.13. The Hall–Kier alpha value is -0.540. The number of halogens is 1. The topological polar surface area (TPSA) is 21.3 Å². The minimum Gasteiger partial charge on any atom is -0.496 e. The van der Waals surface area contributed by atoms with Crippen molar-refractivity contribution in [3.8, 4) is 5.75 Å². The molecule has 1 aromatic carbocycles. The second-order valence-corrected chi connectivity index (χ2v) is 5.35. The molecular weight excluding hydrogens is 290 g/mol. The molecule has 0 spiro atoms. The van der Waals surface area contributed by atoms with Crippen molar-refractivity contribution in [2.45, 2.75) is 45.6 Å². The summed E-state index contributed by atoms with van der Waals surface area (Å²) in [5, 5.41) is 3.56. The first kappa shape index (κ1) is 15.5. The maximum absolute atomic E-state index is 5.27. The fourth-order valence-corrected chi connectivity index (χ4v) is 2.69. The predicted octanol–water partition coefficient (Wildman–Crippen LogP) is 4.69. The standard InChI is InChI=1S/C15H24BrNO/c1-4-6-7-8-14(17-5-2)12-9-10-15(18-3)13(16)11-12/h9-11,14,17H,4-8H2,1-3H3. The van der Waals surface area contributed by atoms with Gasteiger partial charge in [0.15, 0.2) is 0 Å². The fraction of sp³-hybridized carbons (Fsp3) is 0.600. The van der Waals surface area contributed by atoms with Gasteiger partial charge in [0.05, 0.1) is 11.6 Å². The summed E-state index contributed by atoms with van der Waals surface area (Å²) in [6, 6.07) is 6.80. The first-order valence-corrected chi connectivity index (χ1v) is 7.59. The van der Waals surface area contributed by atoms with Gasteiger partial charge in [0.25, 0.3) is 0 Å². The van der Waals surface area contributed by atoms with Crippen LogP contribution in [0, 0.1) is 0 Å². The van der Waals surface area contributed by atoms with Crippen LogP contribution in [-0.4, -0.2) is 13.7 Å². The Labute approximate surface area is 119 Å². The van der Waals surface area contributed by atoms with Crippen LogP contribution in [0.2, 0.25) is 0 Å². The summed E-state index contributed by atoms with van der Waals surface area (Å²) in [4.78, 5) is 0. The summed E-state index contributed by atoms with van der Waals surface area (Å²) in [5.74, 6) is 0.891. The lowest BCUT2D eigenvalue weighted by Crippen LogP contribution is -2.20. The van der Waals surface area contributed by atoms with Gasteiger partial charge in [-0.15, -0.1) is 0 Å². The van der Waals surface area contributed by atoms with Gasteiger partial charge >= 0.3 is 0 Å². The van der Waals surface area contributed by atoms with E-state index >= 15 is 0 Å². The molecule has 0 radical (unpaired) electrons. The highest BCUT2D eigenvalue weighted by Gasteiger charge is 2.11. The molecule has 0 aliphatic heterocycles. The van der Waals surface area contributed by atoms with Gasteiger partial charge in [-0.3, -0.25) is 0 Å². The van der Waals surface area contributed by atoms with Crippen molar-refractivity contribution < 1.29 is 4.74 Å². The number of unbranched alkanes of at least 4 members (excludes halogenated alkanes) is 2. The normalized spacial score (nSPS) is 12.4. The Morgan fingerprint density at radius 1 is 1.28 bits per heavy atom. The van der Waals surface area contributed by atoms with Gasteiger partial charge in [0.1, 0.15) is 5.75 Å². The van der Waals surface area contributed by atoms with E-state index in [2.05, 4.69) is 47.2 Å². The van der Waals surface area contributed by atoms with Gasteiger partial charge in [0.2, 0.25) is 0 Å². The molecule has 0 heterocycles. The van der Waals surface area contributed by atoms with E-state index < -0.39 is 0 Å². The van der Waals surface area contributed by atoms with E-state index in [1.54, 1.807) is 7.11 Å². The van der Waals surface area contributed by atoms with Crippen LogP contribution in [0.4, 0.5) is 0 Å². The van der Waals surface area contributed by atoms with Crippen molar-refractivity contribution in [2.24, 2.45) is 0 Å². The average molecular weight is 314 g/mol. The molecular formula is C15H24BrNO. The highest BCUT2D eigenvalue weighted by atomic mass is 79.9. The van der Waals surface area contributed by atoms with E-state index in [1.165, 1.54) is 31.2 Å². The fourth-order valence-electron chi connectivity index (χ4n) is 2.13. The molecule has 1 atom stereocenters. The van der Waals surface area contributed by atoms with Crippen molar-refractivity contribution >= 4 is 15.9 Å². The lowest BCUT2D eigenvalue weighted by molar-refractivity contribution is 0.411. The molecule has 2 nitrogen and oxygen atoms in total. The van der Waals surface area contributed by atoms with Crippen LogP contribution in [0.3, 0.4) is 0 Å². The maximum Gasteiger partial charge on any atom is 0.133 e. The Bertz CT molecular complexity index is 354. The summed E-state index contributed by atoms with van der Waals surface area (Å²) in [5.41, 5.74) is 1.33. The summed E-state index contributed by atoms with van der Waals surface area (Å²) in [7, 11) is 1.70. The van der Waals surface area contributed by atoms with Crippen molar-refractivity contribution in [2.75, 3.05) is 13.7 Å². The Morgan fingerprint density at radius 3 is 2.61 bits per heavy atom. The molecule has 0 fully saturated rings. The van der Waals surface area contributed by atoms with E-state index in [9.17, 15) is 0 Å². The zero-order chi connectivity index (χ0) is 13.4. The molecule has 0 saturated heterocycles. The van der Waals surface area contributed by atoms with Crippen LogP contribution >= 0.6 is 15.9 Å². The Kier molecular flexibility index (Phi) is 7.36. The molecule has 0 aliphatic rings. The SMILES string of the molecule is CCCCCC(NCC)c1ccc(OC)c(Br)c1. The second-order valence-electron chi connectivity index (χ2n) is 4.50. The lowest BCUT2D eigenvalue weighted by Gasteiger charge is -2.19. The first-order chi connectivity index (χ1) is 8.72. The summed E-state index contributed by atoms with van der Waals surface area (Å²) < 4.78 is 6.30. The molecule has 0 saturated carbocycles. The van der Waals surface area contributed by atoms with E-state index in [0.717, 1.165) is 16.8 Å². The molecule has 1 rings (SSSR count). The van der Waals surface area contributed by atoms with E-state index in [4.69, 9.17) is 4.74 Å². The number of methoxy groups -OCH3 is 1. The minimum absolute atomic E-state index is 0.448. The molecule has 102 valence electrons. The summed E-state index contributed by atoms with van der Waals surface area (Å²) in [6.45, 7) is 5.40. The van der Waals surface area contributed by atoms with Gasteiger partial charge in [-0.25, -0.2) is 0 Å². The largest absolute Gasteiger partial charge is 0.496 e. The number of hydrogen-bond acceptors (Lipinski definition) is 2. The van der Waals surface area contributed by atoms with Crippen LogP contribution in [0.25, 0.3) is 0 Å².